The van der Waals surface area contributed by atoms with Crippen molar-refractivity contribution < 1.29 is 28.5 Å². The number of carbonyl (C=O) groups excluding carboxylic acids is 1. The molecular formula is C27H39LiO6P. The third-order valence-electron chi connectivity index (χ3n) is 4.19. The average Bonchev–Trinajstić information content (AvgIpc) is 2.66. The van der Waals surface area contributed by atoms with Crippen molar-refractivity contribution in [2.45, 2.75) is 79.1 Å². The van der Waals surface area contributed by atoms with Crippen LogP contribution in [0.4, 0.5) is 0 Å². The standard InChI is InChI=1S/C27H39O6P.Li/c1-25(2,3)31-17-15-20(32-26(4,5)6)23(21(16-17)33-27(7,8)9)34-24(28)22-18(29-10)13-12-14-19(22)30-11;/h12-16,34H,1-11H3;. The number of ether oxygens (including phenoxy) is 5. The number of carbonyl (C=O) groups is 1. The minimum absolute atomic E-state index is 0. The summed E-state index contributed by atoms with van der Waals surface area (Å²) in [5, 5.41) is 0.670. The summed E-state index contributed by atoms with van der Waals surface area (Å²) < 4.78 is 29.7. The summed E-state index contributed by atoms with van der Waals surface area (Å²) in [4.78, 5) is 13.6. The molecule has 1 radical (unpaired) electrons. The Kier molecular flexibility index (Phi) is 10.6. The largest absolute Gasteiger partial charge is 0.496 e. The first-order valence-electron chi connectivity index (χ1n) is 11.3. The van der Waals surface area contributed by atoms with Gasteiger partial charge in [-0.25, -0.2) is 0 Å². The summed E-state index contributed by atoms with van der Waals surface area (Å²) in [6.45, 7) is 17.7. The Morgan fingerprint density at radius 3 is 1.43 bits per heavy atom. The van der Waals surface area contributed by atoms with Gasteiger partial charge in [0.05, 0.1) is 19.5 Å². The second-order valence-electron chi connectivity index (χ2n) is 10.9. The Balaban J connectivity index is 0.00000612. The summed E-state index contributed by atoms with van der Waals surface area (Å²) in [5.41, 5.74) is -1.16. The first-order valence-corrected chi connectivity index (χ1v) is 12.3. The van der Waals surface area contributed by atoms with E-state index in [9.17, 15) is 4.79 Å². The van der Waals surface area contributed by atoms with Gasteiger partial charge in [-0.3, -0.25) is 4.79 Å². The molecular weight excluding hydrogens is 458 g/mol. The van der Waals surface area contributed by atoms with Gasteiger partial charge in [-0.05, 0) is 83.0 Å². The molecule has 1 unspecified atom stereocenters. The van der Waals surface area contributed by atoms with Crippen LogP contribution in [0.25, 0.3) is 0 Å². The molecule has 0 N–H and O–H groups in total. The predicted octanol–water partition coefficient (Wildman–Crippen LogP) is 6.00. The molecule has 0 aromatic heterocycles. The number of rotatable bonds is 8. The van der Waals surface area contributed by atoms with Gasteiger partial charge >= 0.3 is 0 Å². The van der Waals surface area contributed by atoms with Crippen LogP contribution in [0.1, 0.15) is 72.7 Å². The molecule has 0 aliphatic rings. The molecule has 2 aromatic carbocycles. The van der Waals surface area contributed by atoms with Crippen molar-refractivity contribution in [3.63, 3.8) is 0 Å². The fourth-order valence-electron chi connectivity index (χ4n) is 3.17. The SMILES string of the molecule is COc1cccc(OC)c1C(=O)Pc1c(OC(C)(C)C)cc(OC(C)(C)C)cc1OC(C)(C)C.[Li]. The Bertz CT molecular complexity index is 957. The summed E-state index contributed by atoms with van der Waals surface area (Å²) in [7, 11) is 2.78. The quantitative estimate of drug-likeness (QED) is 0.329. The molecule has 0 amide bonds. The first-order chi connectivity index (χ1) is 15.5. The molecule has 0 aliphatic heterocycles. The van der Waals surface area contributed by atoms with Gasteiger partial charge in [0.1, 0.15) is 51.1 Å². The summed E-state index contributed by atoms with van der Waals surface area (Å²) in [6.07, 6.45) is 0. The van der Waals surface area contributed by atoms with Gasteiger partial charge < -0.3 is 23.7 Å². The fourth-order valence-corrected chi connectivity index (χ4v) is 4.26. The smallest absolute Gasteiger partial charge is 0.193 e. The van der Waals surface area contributed by atoms with Crippen LogP contribution in [0, 0.1) is 0 Å². The molecule has 2 aromatic rings. The van der Waals surface area contributed by atoms with E-state index in [4.69, 9.17) is 23.7 Å². The summed E-state index contributed by atoms with van der Waals surface area (Å²) >= 11 is 0. The second-order valence-corrected chi connectivity index (χ2v) is 12.1. The van der Waals surface area contributed by atoms with Crippen molar-refractivity contribution >= 4 is 38.3 Å². The molecule has 189 valence electrons. The van der Waals surface area contributed by atoms with E-state index in [1.807, 2.05) is 74.4 Å². The molecule has 35 heavy (non-hydrogen) atoms. The molecule has 0 heterocycles. The topological polar surface area (TPSA) is 63.2 Å². The van der Waals surface area contributed by atoms with Crippen molar-refractivity contribution in [2.24, 2.45) is 0 Å². The number of methoxy groups -OCH3 is 2. The third kappa shape index (κ3) is 9.60. The maximum absolute atomic E-state index is 13.6. The monoisotopic (exact) mass is 497 g/mol. The number of hydrogen-bond donors (Lipinski definition) is 0. The molecule has 0 spiro atoms. The van der Waals surface area contributed by atoms with Crippen LogP contribution in [0.5, 0.6) is 28.7 Å². The fraction of sp³-hybridized carbons (Fsp3) is 0.519. The molecule has 0 aliphatic carbocycles. The van der Waals surface area contributed by atoms with Crippen molar-refractivity contribution in [1.82, 2.24) is 0 Å². The predicted molar refractivity (Wildman–Crippen MR) is 145 cm³/mol. The van der Waals surface area contributed by atoms with E-state index in [0.29, 0.717) is 39.6 Å². The van der Waals surface area contributed by atoms with Gasteiger partial charge in [0.25, 0.3) is 0 Å². The van der Waals surface area contributed by atoms with Gasteiger partial charge in [-0.15, -0.1) is 0 Å². The van der Waals surface area contributed by atoms with Crippen LogP contribution in [0.2, 0.25) is 0 Å². The molecule has 8 heteroatoms. The van der Waals surface area contributed by atoms with E-state index < -0.39 is 16.8 Å². The summed E-state index contributed by atoms with van der Waals surface area (Å²) in [5.74, 6) is 2.63. The molecule has 0 fully saturated rings. The van der Waals surface area contributed by atoms with E-state index in [1.165, 1.54) is 14.2 Å². The Labute approximate surface area is 224 Å². The zero-order valence-corrected chi connectivity index (χ0v) is 24.3. The van der Waals surface area contributed by atoms with Gasteiger partial charge in [0, 0.05) is 31.0 Å². The minimum Gasteiger partial charge on any atom is -0.496 e. The van der Waals surface area contributed by atoms with Crippen molar-refractivity contribution in [1.29, 1.82) is 0 Å². The Hall–Kier alpha value is -1.86. The average molecular weight is 498 g/mol. The van der Waals surface area contributed by atoms with Gasteiger partial charge in [0.2, 0.25) is 0 Å². The van der Waals surface area contributed by atoms with Crippen LogP contribution in [-0.2, 0) is 0 Å². The third-order valence-corrected chi connectivity index (χ3v) is 5.41. The van der Waals surface area contributed by atoms with Crippen LogP contribution in [0.3, 0.4) is 0 Å². The van der Waals surface area contributed by atoms with Crippen LogP contribution >= 0.6 is 8.58 Å². The zero-order valence-electron chi connectivity index (χ0n) is 23.3. The van der Waals surface area contributed by atoms with Crippen LogP contribution < -0.4 is 29.0 Å². The van der Waals surface area contributed by atoms with E-state index in [0.717, 1.165) is 0 Å². The number of hydrogen-bond acceptors (Lipinski definition) is 6. The molecule has 0 saturated carbocycles. The van der Waals surface area contributed by atoms with Crippen molar-refractivity contribution in [2.75, 3.05) is 14.2 Å². The Morgan fingerprint density at radius 2 is 1.09 bits per heavy atom. The van der Waals surface area contributed by atoms with Crippen molar-refractivity contribution in [3.05, 3.63) is 35.9 Å². The van der Waals surface area contributed by atoms with Gasteiger partial charge in [0.15, 0.2) is 5.52 Å². The molecule has 1 atom stereocenters. The molecule has 2 rings (SSSR count). The summed E-state index contributed by atoms with van der Waals surface area (Å²) in [6, 6.07) is 8.96. The van der Waals surface area contributed by atoms with E-state index >= 15 is 0 Å². The first kappa shape index (κ1) is 31.2. The molecule has 0 saturated heterocycles. The Morgan fingerprint density at radius 1 is 0.686 bits per heavy atom. The van der Waals surface area contributed by atoms with E-state index in [1.54, 1.807) is 18.2 Å². The maximum Gasteiger partial charge on any atom is 0.193 e. The van der Waals surface area contributed by atoms with Crippen molar-refractivity contribution in [3.8, 4) is 28.7 Å². The van der Waals surface area contributed by atoms with E-state index in [2.05, 4.69) is 0 Å². The molecule has 0 bridgehead atoms. The minimum atomic E-state index is -0.496. The van der Waals surface area contributed by atoms with Crippen LogP contribution in [0.15, 0.2) is 30.3 Å². The van der Waals surface area contributed by atoms with Gasteiger partial charge in [-0.2, -0.15) is 0 Å². The zero-order chi connectivity index (χ0) is 25.9. The van der Waals surface area contributed by atoms with Gasteiger partial charge in [-0.1, -0.05) is 6.07 Å². The maximum atomic E-state index is 13.6. The van der Waals surface area contributed by atoms with E-state index in [-0.39, 0.29) is 33.0 Å². The second kappa shape index (κ2) is 11.9. The number of benzene rings is 2. The normalized spacial score (nSPS) is 12.2. The van der Waals surface area contributed by atoms with Crippen LogP contribution in [-0.4, -0.2) is 55.4 Å². The molecule has 6 nitrogen and oxygen atoms in total.